The number of halogens is 4. The van der Waals surface area contributed by atoms with Gasteiger partial charge in [0.25, 0.3) is 0 Å². The summed E-state index contributed by atoms with van der Waals surface area (Å²) >= 11 is -3.65. The van der Waals surface area contributed by atoms with E-state index in [0.29, 0.717) is 20.5 Å². The first-order valence-corrected chi connectivity index (χ1v) is 9.79. The van der Waals surface area contributed by atoms with Crippen LogP contribution in [0.1, 0.15) is 5.56 Å². The van der Waals surface area contributed by atoms with E-state index in [9.17, 15) is 13.2 Å². The summed E-state index contributed by atoms with van der Waals surface area (Å²) in [5.41, 5.74) is -2.56. The smallest absolute Gasteiger partial charge is 0.405 e. The average molecular weight is 421 g/mol. The summed E-state index contributed by atoms with van der Waals surface area (Å²) in [6.45, 7) is 1.92. The molecule has 0 spiro atoms. The standard InChI is InChI=1S/C16H12F3S.BrO3/c1-11-6-8-12(9-7-11)15-10-13-4-2-3-5-14(13)20(15)16(17,18)19;2-1(3)4/h2-10H,1H3;/q+1;-1. The van der Waals surface area contributed by atoms with Crippen LogP contribution < -0.4 is 12.6 Å². The Bertz CT molecular complexity index is 811. The minimum atomic E-state index is -4.25. The van der Waals surface area contributed by atoms with Gasteiger partial charge < -0.3 is 12.6 Å². The third kappa shape index (κ3) is 4.55. The second-order valence-electron chi connectivity index (χ2n) is 4.85. The SMILES string of the molecule is Cc1ccc(-c2cc3ccccc3[s+]2C(F)(F)F)cc1.[O-][Br+2]([O-])[O-]. The number of aryl methyl sites for hydroxylation is 1. The molecule has 0 N–H and O–H groups in total. The van der Waals surface area contributed by atoms with Gasteiger partial charge in [-0.3, -0.25) is 0 Å². The van der Waals surface area contributed by atoms with Crippen LogP contribution in [0.15, 0.2) is 54.6 Å². The maximum absolute atomic E-state index is 13.4. The zero-order valence-corrected chi connectivity index (χ0v) is 14.7. The molecular weight excluding hydrogens is 409 g/mol. The van der Waals surface area contributed by atoms with Crippen LogP contribution in [0.25, 0.3) is 20.5 Å². The highest BCUT2D eigenvalue weighted by Gasteiger charge is 2.48. The van der Waals surface area contributed by atoms with E-state index in [1.165, 1.54) is 0 Å². The minimum Gasteiger partial charge on any atom is -0.405 e. The Balaban J connectivity index is 0.000000471. The van der Waals surface area contributed by atoms with Gasteiger partial charge >= 0.3 is 5.51 Å². The molecule has 2 aromatic carbocycles. The van der Waals surface area contributed by atoms with Crippen LogP contribution >= 0.6 is 10.5 Å². The summed E-state index contributed by atoms with van der Waals surface area (Å²) in [6, 6.07) is 15.6. The lowest BCUT2D eigenvalue weighted by atomic mass is 10.1. The lowest BCUT2D eigenvalue weighted by molar-refractivity contribution is -1.73. The molecule has 3 aromatic rings. The number of thiophene rings is 1. The number of fused-ring (bicyclic) bond motifs is 1. The Morgan fingerprint density at radius 3 is 2.00 bits per heavy atom. The molecule has 0 bridgehead atoms. The molecule has 8 heteroatoms. The molecule has 24 heavy (non-hydrogen) atoms. The van der Waals surface area contributed by atoms with E-state index < -0.39 is 30.8 Å². The van der Waals surface area contributed by atoms with E-state index in [1.807, 2.05) is 19.1 Å². The summed E-state index contributed by atoms with van der Waals surface area (Å²) in [7, 11) is -1.85. The molecular formula is C16H12BrF3O3S. The summed E-state index contributed by atoms with van der Waals surface area (Å²) in [6.07, 6.45) is 0. The maximum atomic E-state index is 13.4. The van der Waals surface area contributed by atoms with Crippen molar-refractivity contribution in [2.75, 3.05) is 0 Å². The second kappa shape index (κ2) is 7.62. The van der Waals surface area contributed by atoms with E-state index in [2.05, 4.69) is 0 Å². The zero-order chi connectivity index (χ0) is 17.9. The van der Waals surface area contributed by atoms with E-state index in [0.717, 1.165) is 5.56 Å². The topological polar surface area (TPSA) is 69.2 Å². The van der Waals surface area contributed by atoms with Crippen LogP contribution in [0.3, 0.4) is 0 Å². The highest BCUT2D eigenvalue weighted by Crippen LogP contribution is 2.54. The molecule has 0 aliphatic heterocycles. The predicted octanol–water partition coefficient (Wildman–Crippen LogP) is 2.47. The molecule has 128 valence electrons. The Kier molecular flexibility index (Phi) is 6.00. The van der Waals surface area contributed by atoms with Crippen LogP contribution in [-0.4, -0.2) is 0 Å². The largest absolute Gasteiger partial charge is 0.601 e. The van der Waals surface area contributed by atoms with Gasteiger partial charge in [-0.25, -0.2) is 0 Å². The minimum absolute atomic E-state index is 0.360. The maximum Gasteiger partial charge on any atom is 0.601 e. The molecule has 1 heterocycles. The van der Waals surface area contributed by atoms with Gasteiger partial charge in [0.15, 0.2) is 9.58 Å². The molecule has 0 aliphatic carbocycles. The summed E-state index contributed by atoms with van der Waals surface area (Å²) < 4.78 is 66.2. The molecule has 0 radical (unpaired) electrons. The first kappa shape index (κ1) is 18.9. The monoisotopic (exact) mass is 420 g/mol. The first-order chi connectivity index (χ1) is 11.2. The molecule has 1 aromatic heterocycles. The average Bonchev–Trinajstić information content (AvgIpc) is 2.86. The van der Waals surface area contributed by atoms with Gasteiger partial charge in [0.2, 0.25) is 14.8 Å². The van der Waals surface area contributed by atoms with Crippen molar-refractivity contribution in [3.8, 4) is 10.4 Å². The molecule has 1 unspecified atom stereocenters. The first-order valence-electron chi connectivity index (χ1n) is 6.62. The highest BCUT2D eigenvalue weighted by molar-refractivity contribution is 7.41. The molecule has 0 aliphatic rings. The van der Waals surface area contributed by atoms with E-state index in [1.54, 1.807) is 42.5 Å². The van der Waals surface area contributed by atoms with Crippen molar-refractivity contribution in [3.05, 3.63) is 60.2 Å². The highest BCUT2D eigenvalue weighted by atomic mass is 80.0. The molecule has 0 saturated heterocycles. The number of hydrogen-bond acceptors (Lipinski definition) is 3. The van der Waals surface area contributed by atoms with Crippen LogP contribution in [0, 0.1) is 21.7 Å². The van der Waals surface area contributed by atoms with Crippen molar-refractivity contribution in [1.29, 1.82) is 0 Å². The van der Waals surface area contributed by atoms with Crippen molar-refractivity contribution in [1.82, 2.24) is 0 Å². The van der Waals surface area contributed by atoms with Gasteiger partial charge in [0.1, 0.15) is 10.5 Å². The van der Waals surface area contributed by atoms with E-state index in [4.69, 9.17) is 12.6 Å². The molecule has 3 nitrogen and oxygen atoms in total. The van der Waals surface area contributed by atoms with Gasteiger partial charge in [-0.1, -0.05) is 29.8 Å². The van der Waals surface area contributed by atoms with E-state index in [-0.39, 0.29) is 0 Å². The van der Waals surface area contributed by atoms with Gasteiger partial charge in [0.05, 0.1) is 0 Å². The fourth-order valence-electron chi connectivity index (χ4n) is 2.27. The quantitative estimate of drug-likeness (QED) is 0.567. The third-order valence-corrected chi connectivity index (χ3v) is 5.28. The summed E-state index contributed by atoms with van der Waals surface area (Å²) in [4.78, 5) is 0.360. The molecule has 0 saturated carbocycles. The van der Waals surface area contributed by atoms with Crippen molar-refractivity contribution < 1.29 is 40.6 Å². The van der Waals surface area contributed by atoms with Crippen molar-refractivity contribution in [2.24, 2.45) is 0 Å². The molecule has 0 amide bonds. The van der Waals surface area contributed by atoms with Crippen molar-refractivity contribution in [3.63, 3.8) is 0 Å². The Labute approximate surface area is 144 Å². The van der Waals surface area contributed by atoms with Gasteiger partial charge in [-0.15, -0.1) is 13.2 Å². The molecule has 3 rings (SSSR count). The van der Waals surface area contributed by atoms with Crippen LogP contribution in [0.5, 0.6) is 0 Å². The fourth-order valence-corrected chi connectivity index (χ4v) is 4.20. The molecule has 1 atom stereocenters. The van der Waals surface area contributed by atoms with Gasteiger partial charge in [0, 0.05) is 17.0 Å². The lowest BCUT2D eigenvalue weighted by Crippen LogP contribution is -2.42. The Morgan fingerprint density at radius 1 is 0.917 bits per heavy atom. The van der Waals surface area contributed by atoms with E-state index >= 15 is 0 Å². The van der Waals surface area contributed by atoms with Gasteiger partial charge in [-0.05, 0) is 31.2 Å². The lowest BCUT2D eigenvalue weighted by Gasteiger charge is -2.01. The number of rotatable bonds is 1. The summed E-state index contributed by atoms with van der Waals surface area (Å²) in [5, 5.41) is 0.670. The third-order valence-electron chi connectivity index (χ3n) is 3.21. The van der Waals surface area contributed by atoms with Crippen LogP contribution in [0.2, 0.25) is 0 Å². The van der Waals surface area contributed by atoms with Crippen molar-refractivity contribution >= 4 is 20.6 Å². The fraction of sp³-hybridized carbons (Fsp3) is 0.125. The Morgan fingerprint density at radius 2 is 1.46 bits per heavy atom. The molecule has 0 fully saturated rings. The Hall–Kier alpha value is -1.45. The number of hydrogen-bond donors (Lipinski definition) is 0. The zero-order valence-electron chi connectivity index (χ0n) is 12.3. The predicted molar refractivity (Wildman–Crippen MR) is 77.9 cm³/mol. The normalized spacial score (nSPS) is 12.2. The number of alkyl halides is 3. The van der Waals surface area contributed by atoms with Gasteiger partial charge in [-0.2, -0.15) is 0 Å². The van der Waals surface area contributed by atoms with Crippen LogP contribution in [0.4, 0.5) is 13.2 Å². The van der Waals surface area contributed by atoms with Crippen LogP contribution in [-0.2, 0) is 5.51 Å². The van der Waals surface area contributed by atoms with Crippen molar-refractivity contribution in [2.45, 2.75) is 12.4 Å². The second-order valence-corrected chi connectivity index (χ2v) is 7.60. The summed E-state index contributed by atoms with van der Waals surface area (Å²) in [5.74, 6) is 0. The number of benzene rings is 2.